The summed E-state index contributed by atoms with van der Waals surface area (Å²) in [6.07, 6.45) is 0. The summed E-state index contributed by atoms with van der Waals surface area (Å²) >= 11 is 0. The Bertz CT molecular complexity index is 194. The Morgan fingerprint density at radius 3 is 2.00 bits per heavy atom. The summed E-state index contributed by atoms with van der Waals surface area (Å²) in [7, 11) is 0. The van der Waals surface area contributed by atoms with Gasteiger partial charge in [0, 0.05) is 12.8 Å². The van der Waals surface area contributed by atoms with Crippen LogP contribution in [0.2, 0.25) is 0 Å². The van der Waals surface area contributed by atoms with Crippen molar-refractivity contribution in [1.82, 2.24) is 10.1 Å². The van der Waals surface area contributed by atoms with E-state index in [1.165, 1.54) is 0 Å². The number of aryl methyl sites for hydroxylation is 1. The van der Waals surface area contributed by atoms with Crippen molar-refractivity contribution in [2.75, 3.05) is 0 Å². The van der Waals surface area contributed by atoms with E-state index in [0.29, 0.717) is 11.8 Å². The highest BCUT2D eigenvalue weighted by molar-refractivity contribution is 4.89. The second-order valence-electron chi connectivity index (χ2n) is 2.33. The summed E-state index contributed by atoms with van der Waals surface area (Å²) in [5.74, 6) is 1.79. The van der Waals surface area contributed by atoms with Crippen LogP contribution in [0, 0.1) is 6.92 Å². The Hall–Kier alpha value is -0.860. The Morgan fingerprint density at radius 2 is 1.82 bits per heavy atom. The number of hydrogen-bond donors (Lipinski definition) is 0. The van der Waals surface area contributed by atoms with Gasteiger partial charge in [-0.25, -0.2) is 0 Å². The molecule has 11 heavy (non-hydrogen) atoms. The van der Waals surface area contributed by atoms with Gasteiger partial charge in [-0.1, -0.05) is 32.9 Å². The molecule has 0 saturated carbocycles. The molecule has 1 heterocycles. The highest BCUT2D eigenvalue weighted by Crippen LogP contribution is 2.07. The highest BCUT2D eigenvalue weighted by Gasteiger charge is 2.04. The van der Waals surface area contributed by atoms with Crippen LogP contribution in [-0.2, 0) is 0 Å². The molecule has 0 fully saturated rings. The lowest BCUT2D eigenvalue weighted by molar-refractivity contribution is 0.385. The van der Waals surface area contributed by atoms with Gasteiger partial charge in [0.25, 0.3) is 0 Å². The van der Waals surface area contributed by atoms with Gasteiger partial charge in [-0.05, 0) is 0 Å². The smallest absolute Gasteiger partial charge is 0.223 e. The zero-order valence-corrected chi connectivity index (χ0v) is 7.88. The number of aromatic nitrogens is 2. The monoisotopic (exact) mass is 156 g/mol. The molecule has 0 N–H and O–H groups in total. The average molecular weight is 156 g/mol. The molecule has 0 aliphatic carbocycles. The van der Waals surface area contributed by atoms with E-state index in [-0.39, 0.29) is 0 Å². The fraction of sp³-hybridized carbons (Fsp3) is 0.750. The Labute approximate surface area is 67.8 Å². The SMILES string of the molecule is CC.Cc1nc(C(C)C)no1. The van der Waals surface area contributed by atoms with Crippen LogP contribution in [0.5, 0.6) is 0 Å². The fourth-order valence-corrected chi connectivity index (χ4v) is 0.549. The van der Waals surface area contributed by atoms with Crippen LogP contribution >= 0.6 is 0 Å². The van der Waals surface area contributed by atoms with E-state index in [2.05, 4.69) is 10.1 Å². The molecule has 0 radical (unpaired) electrons. The summed E-state index contributed by atoms with van der Waals surface area (Å²) in [5, 5.41) is 3.73. The third-order valence-corrected chi connectivity index (χ3v) is 1.06. The van der Waals surface area contributed by atoms with Crippen LogP contribution in [0.1, 0.15) is 45.3 Å². The van der Waals surface area contributed by atoms with Crippen molar-refractivity contribution in [3.05, 3.63) is 11.7 Å². The first-order valence-corrected chi connectivity index (χ1v) is 4.00. The largest absolute Gasteiger partial charge is 0.340 e. The van der Waals surface area contributed by atoms with Gasteiger partial charge >= 0.3 is 0 Å². The number of rotatable bonds is 1. The van der Waals surface area contributed by atoms with Gasteiger partial charge in [0.15, 0.2) is 5.82 Å². The van der Waals surface area contributed by atoms with Crippen LogP contribution in [0.15, 0.2) is 4.52 Å². The van der Waals surface area contributed by atoms with Crippen molar-refractivity contribution in [2.24, 2.45) is 0 Å². The highest BCUT2D eigenvalue weighted by atomic mass is 16.5. The maximum absolute atomic E-state index is 4.76. The Balaban J connectivity index is 0.000000461. The molecule has 0 amide bonds. The Morgan fingerprint density at radius 1 is 1.27 bits per heavy atom. The topological polar surface area (TPSA) is 38.9 Å². The maximum Gasteiger partial charge on any atom is 0.223 e. The second-order valence-corrected chi connectivity index (χ2v) is 2.33. The predicted molar refractivity (Wildman–Crippen MR) is 44.5 cm³/mol. The van der Waals surface area contributed by atoms with E-state index >= 15 is 0 Å². The van der Waals surface area contributed by atoms with Gasteiger partial charge in [-0.2, -0.15) is 4.98 Å². The average Bonchev–Trinajstić information content (AvgIpc) is 2.40. The molecule has 3 nitrogen and oxygen atoms in total. The summed E-state index contributed by atoms with van der Waals surface area (Å²) < 4.78 is 4.76. The molecule has 3 heteroatoms. The van der Waals surface area contributed by atoms with Crippen molar-refractivity contribution < 1.29 is 4.52 Å². The van der Waals surface area contributed by atoms with Gasteiger partial charge in [-0.15, -0.1) is 0 Å². The van der Waals surface area contributed by atoms with E-state index in [9.17, 15) is 0 Å². The summed E-state index contributed by atoms with van der Waals surface area (Å²) in [5.41, 5.74) is 0. The van der Waals surface area contributed by atoms with Crippen LogP contribution in [-0.4, -0.2) is 10.1 Å². The lowest BCUT2D eigenvalue weighted by Crippen LogP contribution is -1.88. The first kappa shape index (κ1) is 10.1. The van der Waals surface area contributed by atoms with Crippen LogP contribution in [0.3, 0.4) is 0 Å². The van der Waals surface area contributed by atoms with Gasteiger partial charge in [0.1, 0.15) is 0 Å². The first-order valence-electron chi connectivity index (χ1n) is 4.00. The minimum absolute atomic E-state index is 0.363. The molecule has 0 atom stereocenters. The zero-order valence-electron chi connectivity index (χ0n) is 7.88. The number of nitrogens with zero attached hydrogens (tertiary/aromatic N) is 2. The van der Waals surface area contributed by atoms with Crippen LogP contribution in [0.25, 0.3) is 0 Å². The van der Waals surface area contributed by atoms with Crippen molar-refractivity contribution in [3.63, 3.8) is 0 Å². The molecule has 0 aliphatic heterocycles. The quantitative estimate of drug-likeness (QED) is 0.627. The molecule has 1 aromatic heterocycles. The standard InChI is InChI=1S/C6H10N2O.C2H6/c1-4(2)6-7-5(3)9-8-6;1-2/h4H,1-3H3;1-2H3. The molecular formula is C8H16N2O. The van der Waals surface area contributed by atoms with E-state index in [0.717, 1.165) is 5.82 Å². The zero-order chi connectivity index (χ0) is 8.85. The molecule has 0 bridgehead atoms. The summed E-state index contributed by atoms with van der Waals surface area (Å²) in [4.78, 5) is 4.03. The van der Waals surface area contributed by atoms with Crippen molar-refractivity contribution in [3.8, 4) is 0 Å². The van der Waals surface area contributed by atoms with E-state index in [4.69, 9.17) is 4.52 Å². The normalized spacial score (nSPS) is 9.27. The second kappa shape index (κ2) is 4.88. The van der Waals surface area contributed by atoms with Gasteiger partial charge in [0.2, 0.25) is 5.89 Å². The predicted octanol–water partition coefficient (Wildman–Crippen LogP) is 2.53. The molecule has 64 valence electrons. The minimum atomic E-state index is 0.363. The minimum Gasteiger partial charge on any atom is -0.340 e. The van der Waals surface area contributed by atoms with Crippen molar-refractivity contribution in [1.29, 1.82) is 0 Å². The van der Waals surface area contributed by atoms with E-state index in [1.807, 2.05) is 27.7 Å². The van der Waals surface area contributed by atoms with E-state index < -0.39 is 0 Å². The van der Waals surface area contributed by atoms with E-state index in [1.54, 1.807) is 6.92 Å². The number of hydrogen-bond acceptors (Lipinski definition) is 3. The molecule has 0 spiro atoms. The molecule has 1 rings (SSSR count). The molecule has 0 aromatic carbocycles. The third-order valence-electron chi connectivity index (χ3n) is 1.06. The van der Waals surface area contributed by atoms with Crippen LogP contribution in [0.4, 0.5) is 0 Å². The van der Waals surface area contributed by atoms with Gasteiger partial charge in [0.05, 0.1) is 0 Å². The molecule has 0 unspecified atom stereocenters. The maximum atomic E-state index is 4.76. The van der Waals surface area contributed by atoms with Crippen molar-refractivity contribution >= 4 is 0 Å². The summed E-state index contributed by atoms with van der Waals surface area (Å²) in [6.45, 7) is 9.85. The first-order chi connectivity index (χ1) is 5.20. The van der Waals surface area contributed by atoms with Gasteiger partial charge < -0.3 is 4.52 Å². The molecule has 0 aliphatic rings. The molecular weight excluding hydrogens is 140 g/mol. The summed E-state index contributed by atoms with van der Waals surface area (Å²) in [6, 6.07) is 0. The lowest BCUT2D eigenvalue weighted by atomic mass is 10.2. The van der Waals surface area contributed by atoms with Crippen LogP contribution < -0.4 is 0 Å². The fourth-order valence-electron chi connectivity index (χ4n) is 0.549. The lowest BCUT2D eigenvalue weighted by Gasteiger charge is -1.90. The van der Waals surface area contributed by atoms with Crippen molar-refractivity contribution in [2.45, 2.75) is 40.5 Å². The van der Waals surface area contributed by atoms with Gasteiger partial charge in [-0.3, -0.25) is 0 Å². The molecule has 0 saturated heterocycles. The molecule has 1 aromatic rings. The third kappa shape index (κ3) is 3.16. The Kier molecular flexibility index (Phi) is 4.50.